The maximum atomic E-state index is 13.3. The lowest BCUT2D eigenvalue weighted by atomic mass is 10.0. The van der Waals surface area contributed by atoms with Crippen LogP contribution in [0, 0.1) is 5.82 Å². The van der Waals surface area contributed by atoms with Gasteiger partial charge >= 0.3 is 0 Å². The molecule has 1 N–H and O–H groups in total. The SMILES string of the molecule is C=CCOC[C@@H](O)CN(Cc1ccc(F)cc1)C[C@H]1CC(c2ccc(Cl)c(Cl)c2)=NO1. The summed E-state index contributed by atoms with van der Waals surface area (Å²) in [6, 6.07) is 11.7. The van der Waals surface area contributed by atoms with Crippen molar-refractivity contribution in [3.63, 3.8) is 0 Å². The van der Waals surface area contributed by atoms with Gasteiger partial charge in [-0.2, -0.15) is 0 Å². The molecule has 2 aromatic rings. The van der Waals surface area contributed by atoms with Gasteiger partial charge in [-0.25, -0.2) is 4.39 Å². The summed E-state index contributed by atoms with van der Waals surface area (Å²) in [6.45, 7) is 5.61. The van der Waals surface area contributed by atoms with E-state index in [1.807, 2.05) is 11.0 Å². The third kappa shape index (κ3) is 7.30. The fraction of sp³-hybridized carbons (Fsp3) is 0.348. The van der Waals surface area contributed by atoms with Crippen LogP contribution in [-0.4, -0.2) is 54.2 Å². The molecule has 1 aliphatic heterocycles. The number of rotatable bonds is 11. The van der Waals surface area contributed by atoms with Crippen molar-refractivity contribution in [2.75, 3.05) is 26.3 Å². The number of benzene rings is 2. The Hall–Kier alpha value is -1.96. The molecule has 166 valence electrons. The van der Waals surface area contributed by atoms with Crippen molar-refractivity contribution in [1.82, 2.24) is 4.90 Å². The predicted octanol–water partition coefficient (Wildman–Crippen LogP) is 4.69. The van der Waals surface area contributed by atoms with Gasteiger partial charge in [-0.05, 0) is 29.8 Å². The van der Waals surface area contributed by atoms with E-state index in [2.05, 4.69) is 11.7 Å². The molecule has 0 spiro atoms. The molecule has 0 saturated heterocycles. The van der Waals surface area contributed by atoms with E-state index in [9.17, 15) is 9.50 Å². The molecule has 5 nitrogen and oxygen atoms in total. The average Bonchev–Trinajstić information content (AvgIpc) is 3.20. The molecule has 0 aromatic heterocycles. The zero-order chi connectivity index (χ0) is 22.2. The minimum atomic E-state index is -0.683. The first-order valence-electron chi connectivity index (χ1n) is 9.96. The molecule has 31 heavy (non-hydrogen) atoms. The molecule has 0 amide bonds. The highest BCUT2D eigenvalue weighted by atomic mass is 35.5. The van der Waals surface area contributed by atoms with Crippen LogP contribution in [0.5, 0.6) is 0 Å². The van der Waals surface area contributed by atoms with Crippen molar-refractivity contribution in [2.24, 2.45) is 5.16 Å². The van der Waals surface area contributed by atoms with Gasteiger partial charge in [0.25, 0.3) is 0 Å². The highest BCUT2D eigenvalue weighted by Gasteiger charge is 2.26. The first-order valence-corrected chi connectivity index (χ1v) is 10.7. The van der Waals surface area contributed by atoms with Gasteiger partial charge in [-0.3, -0.25) is 4.90 Å². The third-order valence-corrected chi connectivity index (χ3v) is 5.52. The third-order valence-electron chi connectivity index (χ3n) is 4.78. The van der Waals surface area contributed by atoms with Crippen LogP contribution in [0.25, 0.3) is 0 Å². The number of oxime groups is 1. The summed E-state index contributed by atoms with van der Waals surface area (Å²) in [5, 5.41) is 15.5. The van der Waals surface area contributed by atoms with Crippen molar-refractivity contribution < 1.29 is 19.1 Å². The smallest absolute Gasteiger partial charge is 0.145 e. The molecule has 0 unspecified atom stereocenters. The topological polar surface area (TPSA) is 54.3 Å². The van der Waals surface area contributed by atoms with E-state index in [1.54, 1.807) is 30.3 Å². The molecule has 0 fully saturated rings. The number of halogens is 3. The van der Waals surface area contributed by atoms with Gasteiger partial charge in [-0.1, -0.05) is 52.6 Å². The van der Waals surface area contributed by atoms with Crippen LogP contribution < -0.4 is 0 Å². The molecule has 2 aromatic carbocycles. The molecule has 1 heterocycles. The first kappa shape index (κ1) is 23.7. The highest BCUT2D eigenvalue weighted by molar-refractivity contribution is 6.42. The second kappa shape index (κ2) is 11.6. The number of ether oxygens (including phenoxy) is 1. The number of nitrogens with zero attached hydrogens (tertiary/aromatic N) is 2. The lowest BCUT2D eigenvalue weighted by molar-refractivity contribution is 0.00335. The van der Waals surface area contributed by atoms with Crippen LogP contribution in [0.1, 0.15) is 17.5 Å². The van der Waals surface area contributed by atoms with Gasteiger partial charge in [0.1, 0.15) is 11.9 Å². The van der Waals surface area contributed by atoms with Gasteiger partial charge in [0.05, 0.1) is 35.1 Å². The van der Waals surface area contributed by atoms with E-state index in [-0.39, 0.29) is 18.5 Å². The molecule has 3 rings (SSSR count). The van der Waals surface area contributed by atoms with Gasteiger partial charge < -0.3 is 14.7 Å². The number of aliphatic hydroxyl groups is 1. The minimum Gasteiger partial charge on any atom is -0.390 e. The number of hydrogen-bond donors (Lipinski definition) is 1. The Morgan fingerprint density at radius 3 is 2.74 bits per heavy atom. The second-order valence-corrected chi connectivity index (χ2v) is 8.21. The van der Waals surface area contributed by atoms with Gasteiger partial charge in [0.2, 0.25) is 0 Å². The summed E-state index contributed by atoms with van der Waals surface area (Å²) in [7, 11) is 0. The maximum absolute atomic E-state index is 13.3. The zero-order valence-corrected chi connectivity index (χ0v) is 18.5. The Bertz CT molecular complexity index is 908. The van der Waals surface area contributed by atoms with E-state index in [0.29, 0.717) is 42.7 Å². The monoisotopic (exact) mass is 466 g/mol. The molecule has 2 atom stereocenters. The normalized spacial score (nSPS) is 16.8. The Morgan fingerprint density at radius 1 is 1.26 bits per heavy atom. The maximum Gasteiger partial charge on any atom is 0.145 e. The van der Waals surface area contributed by atoms with Gasteiger partial charge in [0, 0.05) is 31.6 Å². The van der Waals surface area contributed by atoms with Crippen molar-refractivity contribution >= 4 is 28.9 Å². The van der Waals surface area contributed by atoms with Crippen LogP contribution >= 0.6 is 23.2 Å². The summed E-state index contributed by atoms with van der Waals surface area (Å²) in [5.74, 6) is -0.285. The minimum absolute atomic E-state index is 0.189. The lowest BCUT2D eigenvalue weighted by Gasteiger charge is -2.27. The number of aliphatic hydroxyl groups excluding tert-OH is 1. The van der Waals surface area contributed by atoms with Crippen LogP contribution in [0.3, 0.4) is 0 Å². The molecular formula is C23H25Cl2FN2O3. The first-order chi connectivity index (χ1) is 14.9. The van der Waals surface area contributed by atoms with Crippen LogP contribution in [0.2, 0.25) is 10.0 Å². The highest BCUT2D eigenvalue weighted by Crippen LogP contribution is 2.26. The molecule has 8 heteroatoms. The van der Waals surface area contributed by atoms with Crippen LogP contribution in [0.15, 0.2) is 60.3 Å². The Kier molecular flexibility index (Phi) is 8.87. The molecule has 0 bridgehead atoms. The van der Waals surface area contributed by atoms with E-state index in [1.165, 1.54) is 12.1 Å². The summed E-state index contributed by atoms with van der Waals surface area (Å²) >= 11 is 12.1. The van der Waals surface area contributed by atoms with Crippen molar-refractivity contribution in [3.05, 3.63) is 82.1 Å². The Morgan fingerprint density at radius 2 is 2.03 bits per heavy atom. The standard InChI is InChI=1S/C23H25Cl2FN2O3/c1-2-9-30-15-19(29)13-28(12-16-3-6-18(26)7-4-16)14-20-11-23(27-31-20)17-5-8-21(24)22(25)10-17/h2-8,10,19-20,29H,1,9,11-15H2/t19-,20+/m0/s1. The van der Waals surface area contributed by atoms with E-state index < -0.39 is 6.10 Å². The van der Waals surface area contributed by atoms with Crippen molar-refractivity contribution in [3.8, 4) is 0 Å². The summed E-state index contributed by atoms with van der Waals surface area (Å²) in [4.78, 5) is 7.69. The predicted molar refractivity (Wildman–Crippen MR) is 121 cm³/mol. The van der Waals surface area contributed by atoms with Crippen LogP contribution in [0.4, 0.5) is 4.39 Å². The fourth-order valence-corrected chi connectivity index (χ4v) is 3.65. The molecule has 0 saturated carbocycles. The molecule has 0 radical (unpaired) electrons. The van der Waals surface area contributed by atoms with Gasteiger partial charge in [-0.15, -0.1) is 6.58 Å². The fourth-order valence-electron chi connectivity index (χ4n) is 3.35. The largest absolute Gasteiger partial charge is 0.390 e. The Labute approximate surface area is 191 Å². The quantitative estimate of drug-likeness (QED) is 0.385. The van der Waals surface area contributed by atoms with E-state index in [4.69, 9.17) is 32.8 Å². The van der Waals surface area contributed by atoms with Crippen molar-refractivity contribution in [1.29, 1.82) is 0 Å². The van der Waals surface area contributed by atoms with E-state index >= 15 is 0 Å². The molecular weight excluding hydrogens is 442 g/mol. The summed E-state index contributed by atoms with van der Waals surface area (Å²) in [5.41, 5.74) is 2.59. The second-order valence-electron chi connectivity index (χ2n) is 7.40. The van der Waals surface area contributed by atoms with E-state index in [0.717, 1.165) is 16.8 Å². The molecule has 0 aliphatic carbocycles. The Balaban J connectivity index is 1.62. The average molecular weight is 467 g/mol. The number of hydrogen-bond acceptors (Lipinski definition) is 5. The van der Waals surface area contributed by atoms with Crippen LogP contribution in [-0.2, 0) is 16.1 Å². The summed E-state index contributed by atoms with van der Waals surface area (Å²) in [6.07, 6.45) is 1.36. The molecule has 1 aliphatic rings. The van der Waals surface area contributed by atoms with Gasteiger partial charge in [0.15, 0.2) is 0 Å². The van der Waals surface area contributed by atoms with Crippen molar-refractivity contribution in [2.45, 2.75) is 25.2 Å². The summed E-state index contributed by atoms with van der Waals surface area (Å²) < 4.78 is 18.6. The lowest BCUT2D eigenvalue weighted by Crippen LogP contribution is -2.39. The zero-order valence-electron chi connectivity index (χ0n) is 17.0.